The molecule has 0 amide bonds. The van der Waals surface area contributed by atoms with E-state index in [2.05, 4.69) is 59.9 Å². The Balaban J connectivity index is 1.97. The summed E-state index contributed by atoms with van der Waals surface area (Å²) in [6.45, 7) is 14.3. The molecule has 1 N–H and O–H groups in total. The van der Waals surface area contributed by atoms with Crippen molar-refractivity contribution < 1.29 is 0 Å². The van der Waals surface area contributed by atoms with Crippen molar-refractivity contribution >= 4 is 5.69 Å². The van der Waals surface area contributed by atoms with E-state index in [1.54, 1.807) is 0 Å². The molecule has 0 radical (unpaired) electrons. The monoisotopic (exact) mass is 290 g/mol. The second-order valence-electron chi connectivity index (χ2n) is 5.83. The Labute approximate surface area is 129 Å². The molecule has 0 saturated carbocycles. The summed E-state index contributed by atoms with van der Waals surface area (Å²) in [5.74, 6) is 0. The van der Waals surface area contributed by atoms with E-state index in [-0.39, 0.29) is 0 Å². The summed E-state index contributed by atoms with van der Waals surface area (Å²) in [5.41, 5.74) is 2.39. The minimum Gasteiger partial charge on any atom is -0.369 e. The van der Waals surface area contributed by atoms with Gasteiger partial charge in [0.25, 0.3) is 0 Å². The normalized spacial score (nSPS) is 20.2. The molecule has 118 valence electrons. The van der Waals surface area contributed by atoms with Crippen molar-refractivity contribution in [1.82, 2.24) is 15.2 Å². The van der Waals surface area contributed by atoms with Crippen molar-refractivity contribution in [3.05, 3.63) is 24.0 Å². The Kier molecular flexibility index (Phi) is 6.00. The summed E-state index contributed by atoms with van der Waals surface area (Å²) in [6, 6.07) is 5.40. The highest BCUT2D eigenvalue weighted by Gasteiger charge is 2.26. The largest absolute Gasteiger partial charge is 0.369 e. The molecule has 1 aromatic rings. The highest BCUT2D eigenvalue weighted by atomic mass is 15.3. The predicted octanol–water partition coefficient (Wildman–Crippen LogP) is 2.67. The van der Waals surface area contributed by atoms with Gasteiger partial charge in [0.15, 0.2) is 0 Å². The fourth-order valence-electron chi connectivity index (χ4n) is 3.27. The van der Waals surface area contributed by atoms with Crippen molar-refractivity contribution in [2.24, 2.45) is 0 Å². The number of hydrogen-bond donors (Lipinski definition) is 1. The molecule has 0 spiro atoms. The van der Waals surface area contributed by atoms with Gasteiger partial charge in [-0.25, -0.2) is 0 Å². The molecule has 1 saturated heterocycles. The van der Waals surface area contributed by atoms with Gasteiger partial charge in [0.2, 0.25) is 0 Å². The predicted molar refractivity (Wildman–Crippen MR) is 89.9 cm³/mol. The van der Waals surface area contributed by atoms with Crippen LogP contribution in [0.15, 0.2) is 18.3 Å². The Hall–Kier alpha value is -1.13. The van der Waals surface area contributed by atoms with E-state index in [0.717, 1.165) is 38.4 Å². The molecule has 1 aliphatic heterocycles. The topological polar surface area (TPSA) is 31.4 Å². The summed E-state index contributed by atoms with van der Waals surface area (Å²) in [6.07, 6.45) is 3.30. The maximum Gasteiger partial charge on any atom is 0.0572 e. The molecular weight excluding hydrogens is 260 g/mol. The van der Waals surface area contributed by atoms with Gasteiger partial charge in [0.05, 0.1) is 17.6 Å². The van der Waals surface area contributed by atoms with Gasteiger partial charge in [-0.2, -0.15) is 0 Å². The van der Waals surface area contributed by atoms with Crippen LogP contribution in [0.1, 0.15) is 45.9 Å². The van der Waals surface area contributed by atoms with Crippen LogP contribution in [0.25, 0.3) is 0 Å². The molecule has 1 fully saturated rings. The average Bonchev–Trinajstić information content (AvgIpc) is 2.99. The molecule has 0 aromatic carbocycles. The lowest BCUT2D eigenvalue weighted by Crippen LogP contribution is -2.37. The zero-order chi connectivity index (χ0) is 15.2. The maximum atomic E-state index is 4.63. The zero-order valence-electron chi connectivity index (χ0n) is 14.0. The van der Waals surface area contributed by atoms with E-state index in [4.69, 9.17) is 0 Å². The SMILES string of the molecule is CCNC(C)c1ccc(N2CCC(N(CC)CC)C2)cn1. The molecule has 2 heterocycles. The first kappa shape index (κ1) is 16.2. The molecule has 0 bridgehead atoms. The van der Waals surface area contributed by atoms with E-state index in [1.165, 1.54) is 12.1 Å². The minimum atomic E-state index is 0.325. The second-order valence-corrected chi connectivity index (χ2v) is 5.83. The number of rotatable bonds is 7. The highest BCUT2D eigenvalue weighted by molar-refractivity contribution is 5.46. The van der Waals surface area contributed by atoms with Crippen LogP contribution in [0.4, 0.5) is 5.69 Å². The van der Waals surface area contributed by atoms with Gasteiger partial charge >= 0.3 is 0 Å². The number of pyridine rings is 1. The average molecular weight is 290 g/mol. The van der Waals surface area contributed by atoms with E-state index in [1.807, 2.05) is 6.20 Å². The van der Waals surface area contributed by atoms with Crippen LogP contribution in [0.5, 0.6) is 0 Å². The van der Waals surface area contributed by atoms with E-state index in [9.17, 15) is 0 Å². The van der Waals surface area contributed by atoms with Gasteiger partial charge in [-0.05, 0) is 45.1 Å². The van der Waals surface area contributed by atoms with Gasteiger partial charge in [0, 0.05) is 25.2 Å². The lowest BCUT2D eigenvalue weighted by molar-refractivity contribution is 0.232. The summed E-state index contributed by atoms with van der Waals surface area (Å²) in [4.78, 5) is 9.67. The van der Waals surface area contributed by atoms with Crippen LogP contribution in [0.3, 0.4) is 0 Å². The van der Waals surface area contributed by atoms with E-state index < -0.39 is 0 Å². The van der Waals surface area contributed by atoms with Crippen LogP contribution in [0, 0.1) is 0 Å². The molecule has 1 aromatic heterocycles. The molecule has 4 nitrogen and oxygen atoms in total. The molecule has 2 atom stereocenters. The lowest BCUT2D eigenvalue weighted by Gasteiger charge is -2.26. The summed E-state index contributed by atoms with van der Waals surface area (Å²) >= 11 is 0. The summed E-state index contributed by atoms with van der Waals surface area (Å²) < 4.78 is 0. The number of likely N-dealkylation sites (N-methyl/N-ethyl adjacent to an activating group) is 1. The first-order valence-corrected chi connectivity index (χ1v) is 8.37. The Morgan fingerprint density at radius 2 is 2.10 bits per heavy atom. The van der Waals surface area contributed by atoms with Crippen molar-refractivity contribution in [1.29, 1.82) is 0 Å². The van der Waals surface area contributed by atoms with Gasteiger partial charge < -0.3 is 10.2 Å². The van der Waals surface area contributed by atoms with Crippen molar-refractivity contribution in [3.63, 3.8) is 0 Å². The van der Waals surface area contributed by atoms with Crippen LogP contribution < -0.4 is 10.2 Å². The lowest BCUT2D eigenvalue weighted by atomic mass is 10.2. The molecule has 0 aliphatic carbocycles. The highest BCUT2D eigenvalue weighted by Crippen LogP contribution is 2.23. The standard InChI is InChI=1S/C17H30N4/c1-5-18-14(4)17-9-8-15(12-19-17)21-11-10-16(13-21)20(6-2)7-3/h8-9,12,14,16,18H,5-7,10-11,13H2,1-4H3. The van der Waals surface area contributed by atoms with Crippen molar-refractivity contribution in [2.45, 2.75) is 46.2 Å². The van der Waals surface area contributed by atoms with Gasteiger partial charge in [-0.15, -0.1) is 0 Å². The number of aromatic nitrogens is 1. The maximum absolute atomic E-state index is 4.63. The first-order valence-electron chi connectivity index (χ1n) is 8.37. The van der Waals surface area contributed by atoms with E-state index >= 15 is 0 Å². The van der Waals surface area contributed by atoms with Crippen LogP contribution in [-0.4, -0.2) is 48.6 Å². The molecular formula is C17H30N4. The smallest absolute Gasteiger partial charge is 0.0572 e. The number of nitrogens with one attached hydrogen (secondary N) is 1. The Bertz CT molecular complexity index is 413. The Morgan fingerprint density at radius 3 is 2.67 bits per heavy atom. The number of nitrogens with zero attached hydrogens (tertiary/aromatic N) is 3. The molecule has 1 aliphatic rings. The third-order valence-corrected chi connectivity index (χ3v) is 4.58. The molecule has 4 heteroatoms. The van der Waals surface area contributed by atoms with Gasteiger partial charge in [-0.3, -0.25) is 9.88 Å². The number of hydrogen-bond acceptors (Lipinski definition) is 4. The van der Waals surface area contributed by atoms with Gasteiger partial charge in [0.1, 0.15) is 0 Å². The molecule has 2 unspecified atom stereocenters. The minimum absolute atomic E-state index is 0.325. The van der Waals surface area contributed by atoms with Crippen LogP contribution >= 0.6 is 0 Å². The summed E-state index contributed by atoms with van der Waals surface area (Å²) in [7, 11) is 0. The third kappa shape index (κ3) is 3.95. The van der Waals surface area contributed by atoms with Crippen molar-refractivity contribution in [3.8, 4) is 0 Å². The Morgan fingerprint density at radius 1 is 1.33 bits per heavy atom. The van der Waals surface area contributed by atoms with E-state index in [0.29, 0.717) is 12.1 Å². The fourth-order valence-corrected chi connectivity index (χ4v) is 3.27. The molecule has 21 heavy (non-hydrogen) atoms. The fraction of sp³-hybridized carbons (Fsp3) is 0.706. The van der Waals surface area contributed by atoms with Crippen LogP contribution in [-0.2, 0) is 0 Å². The van der Waals surface area contributed by atoms with Crippen LogP contribution in [0.2, 0.25) is 0 Å². The first-order chi connectivity index (χ1) is 10.2. The van der Waals surface area contributed by atoms with Gasteiger partial charge in [-0.1, -0.05) is 20.8 Å². The quantitative estimate of drug-likeness (QED) is 0.836. The second kappa shape index (κ2) is 7.76. The molecule has 2 rings (SSSR count). The zero-order valence-corrected chi connectivity index (χ0v) is 14.0. The summed E-state index contributed by atoms with van der Waals surface area (Å²) in [5, 5.41) is 3.41. The number of anilines is 1. The van der Waals surface area contributed by atoms with Crippen molar-refractivity contribution in [2.75, 3.05) is 37.6 Å². The third-order valence-electron chi connectivity index (χ3n) is 4.58.